The average Bonchev–Trinajstić information content (AvgIpc) is 3.14. The summed E-state index contributed by atoms with van der Waals surface area (Å²) < 4.78 is 0. The van der Waals surface area contributed by atoms with Crippen molar-refractivity contribution in [2.75, 3.05) is 13.1 Å². The number of likely N-dealkylation sites (tertiary alicyclic amines) is 2. The molecule has 3 amide bonds. The van der Waals surface area contributed by atoms with Gasteiger partial charge in [0.15, 0.2) is 0 Å². The maximum Gasteiger partial charge on any atom is 0.241 e. The van der Waals surface area contributed by atoms with Crippen molar-refractivity contribution in [3.8, 4) is 0 Å². The van der Waals surface area contributed by atoms with Gasteiger partial charge in [-0.15, -0.1) is 0 Å². The largest absolute Gasteiger partial charge is 0.343 e. The van der Waals surface area contributed by atoms with Gasteiger partial charge < -0.3 is 4.90 Å². The molecule has 2 fully saturated rings. The van der Waals surface area contributed by atoms with E-state index in [0.29, 0.717) is 19.0 Å². The van der Waals surface area contributed by atoms with Crippen LogP contribution in [0.15, 0.2) is 79.1 Å². The fourth-order valence-corrected chi connectivity index (χ4v) is 5.75. The number of nitrogens with zero attached hydrogens (tertiary/aromatic N) is 3. The number of carbonyl (C=O) groups is 3. The van der Waals surface area contributed by atoms with Crippen LogP contribution in [0.3, 0.4) is 0 Å². The molecule has 1 atom stereocenters. The molecule has 5 rings (SSSR count). The molecule has 6 heteroatoms. The van der Waals surface area contributed by atoms with E-state index in [-0.39, 0.29) is 37.1 Å². The van der Waals surface area contributed by atoms with E-state index in [4.69, 9.17) is 0 Å². The number of hydrogen-bond donors (Lipinski definition) is 0. The zero-order chi connectivity index (χ0) is 25.1. The van der Waals surface area contributed by atoms with Crippen molar-refractivity contribution in [1.29, 1.82) is 0 Å². The number of aromatic nitrogens is 1. The summed E-state index contributed by atoms with van der Waals surface area (Å²) in [4.78, 5) is 48.1. The van der Waals surface area contributed by atoms with E-state index in [1.807, 2.05) is 48.2 Å². The van der Waals surface area contributed by atoms with Gasteiger partial charge in [0.2, 0.25) is 17.7 Å². The minimum Gasteiger partial charge on any atom is -0.343 e. The maximum atomic E-state index is 14.0. The van der Waals surface area contributed by atoms with Crippen LogP contribution < -0.4 is 0 Å². The van der Waals surface area contributed by atoms with Crippen LogP contribution in [0.1, 0.15) is 53.9 Å². The Bertz CT molecular complexity index is 1250. The molecule has 1 aromatic heterocycles. The lowest BCUT2D eigenvalue weighted by atomic mass is 9.73. The number of hydrogen-bond acceptors (Lipinski definition) is 4. The second-order valence-corrected chi connectivity index (χ2v) is 9.96. The SMILES string of the molecule is Cc1ccccc1[C@@]1(CC(=O)N2CCC(c3ccccc3)CC2)CC(=O)N(Cc2cccnc2)C1=O. The number of amides is 3. The Morgan fingerprint density at radius 3 is 2.39 bits per heavy atom. The topological polar surface area (TPSA) is 70.6 Å². The quantitative estimate of drug-likeness (QED) is 0.490. The minimum atomic E-state index is -1.18. The van der Waals surface area contributed by atoms with Crippen LogP contribution in [0.4, 0.5) is 0 Å². The molecular weight excluding hydrogens is 450 g/mol. The molecule has 3 heterocycles. The van der Waals surface area contributed by atoms with Gasteiger partial charge in [-0.2, -0.15) is 0 Å². The van der Waals surface area contributed by atoms with Gasteiger partial charge in [-0.1, -0.05) is 60.7 Å². The van der Waals surface area contributed by atoms with Crippen molar-refractivity contribution in [2.24, 2.45) is 0 Å². The predicted octanol–water partition coefficient (Wildman–Crippen LogP) is 4.38. The Balaban J connectivity index is 1.38. The summed E-state index contributed by atoms with van der Waals surface area (Å²) in [7, 11) is 0. The highest BCUT2D eigenvalue weighted by Crippen LogP contribution is 2.42. The summed E-state index contributed by atoms with van der Waals surface area (Å²) >= 11 is 0. The Kier molecular flexibility index (Phi) is 6.68. The molecule has 0 aliphatic carbocycles. The summed E-state index contributed by atoms with van der Waals surface area (Å²) in [6, 6.07) is 21.7. The number of piperidine rings is 1. The van der Waals surface area contributed by atoms with Crippen LogP contribution >= 0.6 is 0 Å². The smallest absolute Gasteiger partial charge is 0.241 e. The molecule has 0 spiro atoms. The van der Waals surface area contributed by atoms with Gasteiger partial charge in [-0.3, -0.25) is 24.3 Å². The van der Waals surface area contributed by atoms with Crippen molar-refractivity contribution >= 4 is 17.7 Å². The van der Waals surface area contributed by atoms with Crippen LogP contribution in [-0.4, -0.2) is 45.6 Å². The molecule has 0 N–H and O–H groups in total. The summed E-state index contributed by atoms with van der Waals surface area (Å²) in [5, 5.41) is 0. The highest BCUT2D eigenvalue weighted by molar-refractivity contribution is 6.10. The fourth-order valence-electron chi connectivity index (χ4n) is 5.75. The third-order valence-corrected chi connectivity index (χ3v) is 7.70. The van der Waals surface area contributed by atoms with E-state index in [1.54, 1.807) is 18.5 Å². The van der Waals surface area contributed by atoms with Crippen molar-refractivity contribution in [1.82, 2.24) is 14.8 Å². The van der Waals surface area contributed by atoms with Gasteiger partial charge in [0.05, 0.1) is 12.0 Å². The molecule has 0 radical (unpaired) electrons. The van der Waals surface area contributed by atoms with Crippen molar-refractivity contribution < 1.29 is 14.4 Å². The maximum absolute atomic E-state index is 14.0. The van der Waals surface area contributed by atoms with E-state index in [1.165, 1.54) is 10.5 Å². The molecule has 2 aromatic carbocycles. The predicted molar refractivity (Wildman–Crippen MR) is 137 cm³/mol. The monoisotopic (exact) mass is 481 g/mol. The van der Waals surface area contributed by atoms with Gasteiger partial charge in [0, 0.05) is 38.3 Å². The van der Waals surface area contributed by atoms with Crippen LogP contribution in [0.25, 0.3) is 0 Å². The third-order valence-electron chi connectivity index (χ3n) is 7.70. The Morgan fingerprint density at radius 2 is 1.69 bits per heavy atom. The van der Waals surface area contributed by atoms with Crippen molar-refractivity contribution in [2.45, 2.75) is 50.5 Å². The summed E-state index contributed by atoms with van der Waals surface area (Å²) in [5.74, 6) is -0.166. The van der Waals surface area contributed by atoms with Crippen molar-refractivity contribution in [3.05, 3.63) is 101 Å². The zero-order valence-electron chi connectivity index (χ0n) is 20.6. The lowest BCUT2D eigenvalue weighted by molar-refractivity contribution is -0.143. The van der Waals surface area contributed by atoms with Crippen LogP contribution in [0, 0.1) is 6.92 Å². The normalized spacial score (nSPS) is 20.7. The van der Waals surface area contributed by atoms with Gasteiger partial charge in [-0.25, -0.2) is 0 Å². The Labute approximate surface area is 212 Å². The fraction of sp³-hybridized carbons (Fsp3) is 0.333. The first-order chi connectivity index (χ1) is 17.5. The van der Waals surface area contributed by atoms with E-state index in [2.05, 4.69) is 29.2 Å². The first-order valence-electron chi connectivity index (χ1n) is 12.6. The Morgan fingerprint density at radius 1 is 0.972 bits per heavy atom. The molecule has 2 aliphatic heterocycles. The van der Waals surface area contributed by atoms with Gasteiger partial charge in [-0.05, 0) is 54.0 Å². The standard InChI is InChI=1S/C30H31N3O3/c1-22-8-5-6-12-26(22)30(19-28(35)33(29(30)36)21-23-9-7-15-31-20-23)18-27(34)32-16-13-25(14-17-32)24-10-3-2-4-11-24/h2-12,15,20,25H,13-14,16-19,21H2,1H3/t30-/m1/s1. The molecule has 3 aromatic rings. The molecule has 0 unspecified atom stereocenters. The summed E-state index contributed by atoms with van der Waals surface area (Å²) in [5.41, 5.74) is 2.59. The number of rotatable bonds is 6. The molecule has 2 aliphatic rings. The minimum absolute atomic E-state index is 0.00195. The van der Waals surface area contributed by atoms with Crippen LogP contribution in [-0.2, 0) is 26.3 Å². The zero-order valence-corrected chi connectivity index (χ0v) is 20.6. The number of pyridine rings is 1. The van der Waals surface area contributed by atoms with E-state index in [0.717, 1.165) is 29.5 Å². The highest BCUT2D eigenvalue weighted by atomic mass is 16.2. The number of carbonyl (C=O) groups excluding carboxylic acids is 3. The molecule has 0 bridgehead atoms. The Hall–Kier alpha value is -3.80. The second kappa shape index (κ2) is 10.1. The third kappa shape index (κ3) is 4.55. The molecule has 36 heavy (non-hydrogen) atoms. The molecule has 6 nitrogen and oxygen atoms in total. The van der Waals surface area contributed by atoms with Crippen LogP contribution in [0.2, 0.25) is 0 Å². The van der Waals surface area contributed by atoms with Gasteiger partial charge >= 0.3 is 0 Å². The summed E-state index contributed by atoms with van der Waals surface area (Å²) in [6.45, 7) is 3.41. The molecule has 0 saturated carbocycles. The van der Waals surface area contributed by atoms with E-state index >= 15 is 0 Å². The van der Waals surface area contributed by atoms with Crippen molar-refractivity contribution in [3.63, 3.8) is 0 Å². The highest BCUT2D eigenvalue weighted by Gasteiger charge is 2.54. The number of imide groups is 1. The lowest BCUT2D eigenvalue weighted by Crippen LogP contribution is -2.45. The number of benzene rings is 2. The van der Waals surface area contributed by atoms with E-state index < -0.39 is 5.41 Å². The second-order valence-electron chi connectivity index (χ2n) is 9.96. The average molecular weight is 482 g/mol. The molecule has 184 valence electrons. The van der Waals surface area contributed by atoms with E-state index in [9.17, 15) is 14.4 Å². The summed E-state index contributed by atoms with van der Waals surface area (Å²) in [6.07, 6.45) is 5.12. The van der Waals surface area contributed by atoms with Gasteiger partial charge in [0.1, 0.15) is 0 Å². The lowest BCUT2D eigenvalue weighted by Gasteiger charge is -2.35. The first-order valence-corrected chi connectivity index (χ1v) is 12.6. The van der Waals surface area contributed by atoms with Crippen LogP contribution in [0.5, 0.6) is 0 Å². The molecule has 2 saturated heterocycles. The first kappa shape index (κ1) is 23.9. The molecular formula is C30H31N3O3. The number of aryl methyl sites for hydroxylation is 1. The van der Waals surface area contributed by atoms with Gasteiger partial charge in [0.25, 0.3) is 0 Å².